The summed E-state index contributed by atoms with van der Waals surface area (Å²) in [6.45, 7) is 10.3. The van der Waals surface area contributed by atoms with Crippen molar-refractivity contribution in [1.82, 2.24) is 10.6 Å². The van der Waals surface area contributed by atoms with Gasteiger partial charge in [-0.05, 0) is 38.3 Å². The minimum Gasteiger partial charge on any atom is -0.379 e. The van der Waals surface area contributed by atoms with Crippen molar-refractivity contribution in [2.24, 2.45) is 11.3 Å². The zero-order valence-electron chi connectivity index (χ0n) is 12.8. The van der Waals surface area contributed by atoms with E-state index >= 15 is 0 Å². The molecule has 2 N–H and O–H groups in total. The van der Waals surface area contributed by atoms with Crippen LogP contribution in [-0.4, -0.2) is 38.8 Å². The first-order chi connectivity index (χ1) is 9.10. The van der Waals surface area contributed by atoms with Gasteiger partial charge in [-0.2, -0.15) is 0 Å². The van der Waals surface area contributed by atoms with Gasteiger partial charge in [0, 0.05) is 13.2 Å². The molecule has 1 aliphatic rings. The lowest BCUT2D eigenvalue weighted by Gasteiger charge is -2.36. The van der Waals surface area contributed by atoms with Crippen molar-refractivity contribution in [3.8, 4) is 0 Å². The second-order valence-electron chi connectivity index (χ2n) is 6.00. The molecule has 4 nitrogen and oxygen atoms in total. The van der Waals surface area contributed by atoms with Crippen molar-refractivity contribution in [3.05, 3.63) is 0 Å². The Kier molecular flexibility index (Phi) is 7.39. The maximum atomic E-state index is 12.4. The maximum absolute atomic E-state index is 12.4. The number of carbonyl (C=O) groups is 1. The van der Waals surface area contributed by atoms with E-state index in [4.69, 9.17) is 4.74 Å². The summed E-state index contributed by atoms with van der Waals surface area (Å²) in [5.41, 5.74) is -0.141. The Bertz CT molecular complexity index is 255. The third-order valence-corrected chi connectivity index (χ3v) is 3.75. The summed E-state index contributed by atoms with van der Waals surface area (Å²) in [6, 6.07) is 0. The van der Waals surface area contributed by atoms with Crippen molar-refractivity contribution < 1.29 is 9.53 Å². The van der Waals surface area contributed by atoms with Crippen molar-refractivity contribution >= 4 is 5.91 Å². The standard InChI is InChI=1S/C15H30N2O2/c1-4-5-15(6-8-16-9-7-15)14(18)17-10-11-19-12-13(2)3/h13,16H,4-12H2,1-3H3,(H,17,18). The number of amides is 1. The fourth-order valence-electron chi connectivity index (χ4n) is 2.72. The fourth-order valence-corrected chi connectivity index (χ4v) is 2.72. The van der Waals surface area contributed by atoms with Crippen LogP contribution in [0.2, 0.25) is 0 Å². The fraction of sp³-hybridized carbons (Fsp3) is 0.933. The maximum Gasteiger partial charge on any atom is 0.226 e. The Morgan fingerprint density at radius 3 is 2.63 bits per heavy atom. The van der Waals surface area contributed by atoms with Crippen LogP contribution >= 0.6 is 0 Å². The molecule has 0 spiro atoms. The van der Waals surface area contributed by atoms with Gasteiger partial charge >= 0.3 is 0 Å². The molecule has 1 rings (SSSR count). The van der Waals surface area contributed by atoms with Crippen LogP contribution in [0, 0.1) is 11.3 Å². The molecule has 19 heavy (non-hydrogen) atoms. The van der Waals surface area contributed by atoms with Gasteiger partial charge in [-0.1, -0.05) is 27.2 Å². The first-order valence-corrected chi connectivity index (χ1v) is 7.67. The molecule has 0 unspecified atom stereocenters. The molecule has 0 aromatic carbocycles. The smallest absolute Gasteiger partial charge is 0.226 e. The number of nitrogens with one attached hydrogen (secondary N) is 2. The Morgan fingerprint density at radius 2 is 2.05 bits per heavy atom. The van der Waals surface area contributed by atoms with E-state index in [1.54, 1.807) is 0 Å². The number of rotatable bonds is 8. The molecule has 0 aromatic heterocycles. The molecule has 1 aliphatic heterocycles. The van der Waals surface area contributed by atoms with E-state index in [-0.39, 0.29) is 11.3 Å². The summed E-state index contributed by atoms with van der Waals surface area (Å²) >= 11 is 0. The summed E-state index contributed by atoms with van der Waals surface area (Å²) < 4.78 is 5.50. The number of hydrogen-bond donors (Lipinski definition) is 2. The Hall–Kier alpha value is -0.610. The minimum atomic E-state index is -0.141. The van der Waals surface area contributed by atoms with Crippen molar-refractivity contribution in [1.29, 1.82) is 0 Å². The van der Waals surface area contributed by atoms with Crippen LogP contribution in [0.3, 0.4) is 0 Å². The lowest BCUT2D eigenvalue weighted by molar-refractivity contribution is -0.133. The van der Waals surface area contributed by atoms with Gasteiger partial charge in [0.05, 0.1) is 12.0 Å². The summed E-state index contributed by atoms with van der Waals surface area (Å²) in [5, 5.41) is 6.40. The average molecular weight is 270 g/mol. The molecule has 0 atom stereocenters. The van der Waals surface area contributed by atoms with Crippen LogP contribution in [0.15, 0.2) is 0 Å². The van der Waals surface area contributed by atoms with E-state index in [0.29, 0.717) is 19.1 Å². The van der Waals surface area contributed by atoms with Gasteiger partial charge < -0.3 is 15.4 Å². The molecule has 0 saturated carbocycles. The molecular formula is C15H30N2O2. The van der Waals surface area contributed by atoms with Crippen LogP contribution in [0.25, 0.3) is 0 Å². The van der Waals surface area contributed by atoms with Gasteiger partial charge in [-0.3, -0.25) is 4.79 Å². The largest absolute Gasteiger partial charge is 0.379 e. The van der Waals surface area contributed by atoms with Crippen LogP contribution in [-0.2, 0) is 9.53 Å². The average Bonchev–Trinajstić information content (AvgIpc) is 2.39. The van der Waals surface area contributed by atoms with E-state index in [0.717, 1.165) is 45.4 Å². The van der Waals surface area contributed by atoms with Crippen molar-refractivity contribution in [3.63, 3.8) is 0 Å². The van der Waals surface area contributed by atoms with Gasteiger partial charge in [0.15, 0.2) is 0 Å². The molecule has 1 saturated heterocycles. The lowest BCUT2D eigenvalue weighted by atomic mass is 9.74. The Labute approximate surface area is 117 Å². The summed E-state index contributed by atoms with van der Waals surface area (Å²) in [7, 11) is 0. The molecule has 0 bridgehead atoms. The van der Waals surface area contributed by atoms with Crippen molar-refractivity contribution in [2.45, 2.75) is 46.5 Å². The van der Waals surface area contributed by atoms with Crippen LogP contribution in [0.5, 0.6) is 0 Å². The zero-order chi connectivity index (χ0) is 14.1. The van der Waals surface area contributed by atoms with E-state index in [9.17, 15) is 4.79 Å². The molecule has 4 heteroatoms. The third kappa shape index (κ3) is 5.49. The predicted octanol–water partition coefficient (Wildman–Crippen LogP) is 1.95. The van der Waals surface area contributed by atoms with Crippen LogP contribution in [0.1, 0.15) is 46.5 Å². The zero-order valence-corrected chi connectivity index (χ0v) is 12.8. The Morgan fingerprint density at radius 1 is 1.37 bits per heavy atom. The van der Waals surface area contributed by atoms with Gasteiger partial charge in [0.2, 0.25) is 5.91 Å². The molecule has 1 amide bonds. The summed E-state index contributed by atoms with van der Waals surface area (Å²) in [4.78, 5) is 12.4. The third-order valence-electron chi connectivity index (χ3n) is 3.75. The predicted molar refractivity (Wildman–Crippen MR) is 78.1 cm³/mol. The molecule has 112 valence electrons. The van der Waals surface area contributed by atoms with E-state index in [1.165, 1.54) is 0 Å². The van der Waals surface area contributed by atoms with Gasteiger partial charge in [-0.25, -0.2) is 0 Å². The van der Waals surface area contributed by atoms with Gasteiger partial charge in [-0.15, -0.1) is 0 Å². The van der Waals surface area contributed by atoms with E-state index in [2.05, 4.69) is 31.4 Å². The number of ether oxygens (including phenoxy) is 1. The van der Waals surface area contributed by atoms with E-state index in [1.807, 2.05) is 0 Å². The molecule has 1 heterocycles. The van der Waals surface area contributed by atoms with Crippen LogP contribution < -0.4 is 10.6 Å². The molecule has 0 radical (unpaired) electrons. The molecule has 0 aromatic rings. The number of carbonyl (C=O) groups excluding carboxylic acids is 1. The highest BCUT2D eigenvalue weighted by Crippen LogP contribution is 2.34. The highest BCUT2D eigenvalue weighted by Gasteiger charge is 2.38. The van der Waals surface area contributed by atoms with Gasteiger partial charge in [0.1, 0.15) is 0 Å². The second kappa shape index (κ2) is 8.54. The molecule has 1 fully saturated rings. The SMILES string of the molecule is CCCC1(C(=O)NCCOCC(C)C)CCNCC1. The molecule has 0 aliphatic carbocycles. The van der Waals surface area contributed by atoms with Crippen LogP contribution in [0.4, 0.5) is 0 Å². The highest BCUT2D eigenvalue weighted by atomic mass is 16.5. The lowest BCUT2D eigenvalue weighted by Crippen LogP contribution is -2.48. The van der Waals surface area contributed by atoms with Crippen molar-refractivity contribution in [2.75, 3.05) is 32.8 Å². The number of piperidine rings is 1. The number of hydrogen-bond acceptors (Lipinski definition) is 3. The topological polar surface area (TPSA) is 50.4 Å². The minimum absolute atomic E-state index is 0.141. The summed E-state index contributed by atoms with van der Waals surface area (Å²) in [6.07, 6.45) is 3.98. The normalized spacial score (nSPS) is 18.5. The summed E-state index contributed by atoms with van der Waals surface area (Å²) in [5.74, 6) is 0.774. The first-order valence-electron chi connectivity index (χ1n) is 7.67. The van der Waals surface area contributed by atoms with E-state index < -0.39 is 0 Å². The second-order valence-corrected chi connectivity index (χ2v) is 6.00. The highest BCUT2D eigenvalue weighted by molar-refractivity contribution is 5.82. The molecular weight excluding hydrogens is 240 g/mol. The van der Waals surface area contributed by atoms with Gasteiger partial charge in [0.25, 0.3) is 0 Å². The Balaban J connectivity index is 2.32. The monoisotopic (exact) mass is 270 g/mol. The first kappa shape index (κ1) is 16.4. The quantitative estimate of drug-likeness (QED) is 0.663.